The van der Waals surface area contributed by atoms with E-state index in [2.05, 4.69) is 27.1 Å². The van der Waals surface area contributed by atoms with Crippen molar-refractivity contribution in [1.82, 2.24) is 19.7 Å². The van der Waals surface area contributed by atoms with Gasteiger partial charge in [0.2, 0.25) is 0 Å². The average Bonchev–Trinajstić information content (AvgIpc) is 2.65. The van der Waals surface area contributed by atoms with Gasteiger partial charge in [-0.3, -0.25) is 9.78 Å². The SMILES string of the molecule is C[C@@H](C(=N)c1nn(C)c(=O)c2cccnc12)[C@@H](c1ccccc1)N(C)C. The molecule has 2 atom stereocenters. The third kappa shape index (κ3) is 3.15. The van der Waals surface area contributed by atoms with Gasteiger partial charge < -0.3 is 10.3 Å². The van der Waals surface area contributed by atoms with E-state index in [4.69, 9.17) is 5.41 Å². The van der Waals surface area contributed by atoms with Crippen LogP contribution in [0.2, 0.25) is 0 Å². The van der Waals surface area contributed by atoms with Gasteiger partial charge in [0.15, 0.2) is 0 Å². The number of fused-ring (bicyclic) bond motifs is 1. The summed E-state index contributed by atoms with van der Waals surface area (Å²) in [5.41, 5.74) is 2.24. The predicted molar refractivity (Wildman–Crippen MR) is 104 cm³/mol. The third-order valence-corrected chi connectivity index (χ3v) is 4.69. The molecular formula is C20H23N5O. The summed E-state index contributed by atoms with van der Waals surface area (Å²) in [6.07, 6.45) is 1.63. The summed E-state index contributed by atoms with van der Waals surface area (Å²) in [5.74, 6) is -0.136. The van der Waals surface area contributed by atoms with Crippen molar-refractivity contribution >= 4 is 16.6 Å². The second-order valence-electron chi connectivity index (χ2n) is 6.70. The molecule has 1 N–H and O–H groups in total. The molecule has 0 radical (unpaired) electrons. The van der Waals surface area contributed by atoms with E-state index in [0.717, 1.165) is 5.56 Å². The molecule has 0 bridgehead atoms. The highest BCUT2D eigenvalue weighted by atomic mass is 16.1. The number of nitrogens with one attached hydrogen (secondary N) is 1. The molecule has 0 saturated heterocycles. The molecule has 0 amide bonds. The van der Waals surface area contributed by atoms with E-state index < -0.39 is 0 Å². The molecule has 0 saturated carbocycles. The molecule has 0 spiro atoms. The molecule has 2 aromatic heterocycles. The smallest absolute Gasteiger partial charge is 0.275 e. The summed E-state index contributed by atoms with van der Waals surface area (Å²) in [6, 6.07) is 13.6. The van der Waals surface area contributed by atoms with Gasteiger partial charge in [-0.15, -0.1) is 0 Å². The highest BCUT2D eigenvalue weighted by Gasteiger charge is 2.28. The van der Waals surface area contributed by atoms with Crippen LogP contribution in [-0.4, -0.2) is 39.5 Å². The van der Waals surface area contributed by atoms with E-state index in [0.29, 0.717) is 22.3 Å². The van der Waals surface area contributed by atoms with Crippen molar-refractivity contribution in [3.63, 3.8) is 0 Å². The first kappa shape index (κ1) is 17.9. The fourth-order valence-electron chi connectivity index (χ4n) is 3.42. The van der Waals surface area contributed by atoms with Gasteiger partial charge in [0.1, 0.15) is 11.2 Å². The molecule has 0 unspecified atom stereocenters. The van der Waals surface area contributed by atoms with Crippen molar-refractivity contribution in [3.8, 4) is 0 Å². The number of nitrogens with zero attached hydrogens (tertiary/aromatic N) is 4. The van der Waals surface area contributed by atoms with Crippen molar-refractivity contribution in [2.75, 3.05) is 14.1 Å². The van der Waals surface area contributed by atoms with E-state index in [-0.39, 0.29) is 17.5 Å². The van der Waals surface area contributed by atoms with Crippen LogP contribution < -0.4 is 5.56 Å². The summed E-state index contributed by atoms with van der Waals surface area (Å²) in [6.45, 7) is 2.02. The second kappa shape index (κ2) is 7.17. The Morgan fingerprint density at radius 3 is 2.50 bits per heavy atom. The van der Waals surface area contributed by atoms with E-state index in [1.165, 1.54) is 4.68 Å². The summed E-state index contributed by atoms with van der Waals surface area (Å²) < 4.78 is 1.29. The van der Waals surface area contributed by atoms with Gasteiger partial charge >= 0.3 is 0 Å². The Bertz CT molecular complexity index is 994. The van der Waals surface area contributed by atoms with Gasteiger partial charge in [0.25, 0.3) is 5.56 Å². The van der Waals surface area contributed by atoms with Gasteiger partial charge in [-0.2, -0.15) is 5.10 Å². The molecular weight excluding hydrogens is 326 g/mol. The highest BCUT2D eigenvalue weighted by molar-refractivity contribution is 6.07. The Morgan fingerprint density at radius 1 is 1.15 bits per heavy atom. The molecule has 26 heavy (non-hydrogen) atoms. The largest absolute Gasteiger partial charge is 0.303 e. The van der Waals surface area contributed by atoms with Crippen LogP contribution in [0.5, 0.6) is 0 Å². The lowest BCUT2D eigenvalue weighted by Gasteiger charge is -2.31. The number of aromatic nitrogens is 3. The predicted octanol–water partition coefficient (Wildman–Crippen LogP) is 2.64. The van der Waals surface area contributed by atoms with E-state index in [9.17, 15) is 4.79 Å². The molecule has 3 aromatic rings. The summed E-state index contributed by atoms with van der Waals surface area (Å²) in [7, 11) is 5.62. The first-order valence-electron chi connectivity index (χ1n) is 8.54. The highest BCUT2D eigenvalue weighted by Crippen LogP contribution is 2.29. The quantitative estimate of drug-likeness (QED) is 0.719. The van der Waals surface area contributed by atoms with Crippen LogP contribution in [0.4, 0.5) is 0 Å². The van der Waals surface area contributed by atoms with Crippen LogP contribution in [-0.2, 0) is 7.05 Å². The van der Waals surface area contributed by atoms with E-state index in [1.807, 2.05) is 39.2 Å². The molecule has 0 fully saturated rings. The monoisotopic (exact) mass is 349 g/mol. The number of aryl methyl sites for hydroxylation is 1. The Hall–Kier alpha value is -2.86. The van der Waals surface area contributed by atoms with Crippen LogP contribution in [0.3, 0.4) is 0 Å². The first-order valence-corrected chi connectivity index (χ1v) is 8.54. The number of hydrogen-bond donors (Lipinski definition) is 1. The minimum Gasteiger partial charge on any atom is -0.303 e. The maximum atomic E-state index is 12.3. The van der Waals surface area contributed by atoms with E-state index >= 15 is 0 Å². The maximum Gasteiger partial charge on any atom is 0.275 e. The van der Waals surface area contributed by atoms with Crippen molar-refractivity contribution < 1.29 is 0 Å². The first-order chi connectivity index (χ1) is 12.4. The molecule has 2 heterocycles. The Balaban J connectivity index is 2.10. The fourth-order valence-corrected chi connectivity index (χ4v) is 3.42. The normalized spacial score (nSPS) is 13.7. The number of benzene rings is 1. The third-order valence-electron chi connectivity index (χ3n) is 4.69. The zero-order valence-electron chi connectivity index (χ0n) is 15.5. The van der Waals surface area contributed by atoms with Crippen LogP contribution in [0, 0.1) is 11.3 Å². The lowest BCUT2D eigenvalue weighted by molar-refractivity contribution is 0.261. The Kier molecular flexibility index (Phi) is 4.95. The van der Waals surface area contributed by atoms with Gasteiger partial charge in [-0.1, -0.05) is 37.3 Å². The molecule has 134 valence electrons. The van der Waals surface area contributed by atoms with Gasteiger partial charge in [0, 0.05) is 25.2 Å². The Labute approximate surface area is 152 Å². The summed E-state index contributed by atoms with van der Waals surface area (Å²) in [4.78, 5) is 18.8. The number of hydrogen-bond acceptors (Lipinski definition) is 5. The van der Waals surface area contributed by atoms with Crippen molar-refractivity contribution in [1.29, 1.82) is 5.41 Å². The second-order valence-corrected chi connectivity index (χ2v) is 6.70. The molecule has 1 aromatic carbocycles. The zero-order chi connectivity index (χ0) is 18.8. The lowest BCUT2D eigenvalue weighted by atomic mass is 9.88. The van der Waals surface area contributed by atoms with Gasteiger partial charge in [-0.05, 0) is 31.8 Å². The topological polar surface area (TPSA) is 74.9 Å². The van der Waals surface area contributed by atoms with Crippen molar-refractivity contribution in [2.45, 2.75) is 13.0 Å². The van der Waals surface area contributed by atoms with Gasteiger partial charge in [0.05, 0.1) is 11.1 Å². The molecule has 6 heteroatoms. The Morgan fingerprint density at radius 2 is 1.85 bits per heavy atom. The fraction of sp³-hybridized carbons (Fsp3) is 0.300. The van der Waals surface area contributed by atoms with Crippen LogP contribution >= 0.6 is 0 Å². The number of rotatable bonds is 5. The van der Waals surface area contributed by atoms with Crippen LogP contribution in [0.15, 0.2) is 53.5 Å². The van der Waals surface area contributed by atoms with Crippen molar-refractivity contribution in [3.05, 3.63) is 70.3 Å². The van der Waals surface area contributed by atoms with Crippen molar-refractivity contribution in [2.24, 2.45) is 13.0 Å². The lowest BCUT2D eigenvalue weighted by Crippen LogP contribution is -2.33. The molecule has 3 rings (SSSR count). The molecule has 0 aliphatic carbocycles. The van der Waals surface area contributed by atoms with E-state index in [1.54, 1.807) is 25.4 Å². The maximum absolute atomic E-state index is 12.3. The molecule has 0 aliphatic heterocycles. The minimum absolute atomic E-state index is 0.0153. The molecule has 6 nitrogen and oxygen atoms in total. The van der Waals surface area contributed by atoms with Crippen LogP contribution in [0.1, 0.15) is 24.2 Å². The zero-order valence-corrected chi connectivity index (χ0v) is 15.5. The standard InChI is InChI=1S/C20H23N5O/c1-13(19(24(2)3)14-9-6-5-7-10-14)16(21)18-17-15(11-8-12-22-17)20(26)25(4)23-18/h5-13,19,21H,1-4H3/t13-,19-/m0/s1. The molecule has 0 aliphatic rings. The average molecular weight is 349 g/mol. The summed E-state index contributed by atoms with van der Waals surface area (Å²) >= 11 is 0. The summed E-state index contributed by atoms with van der Waals surface area (Å²) in [5, 5.41) is 13.7. The minimum atomic E-state index is -0.204. The number of pyridine rings is 1. The van der Waals surface area contributed by atoms with Gasteiger partial charge in [-0.25, -0.2) is 4.68 Å². The van der Waals surface area contributed by atoms with Crippen LogP contribution in [0.25, 0.3) is 10.9 Å².